The normalized spacial score (nSPS) is 30.3. The van der Waals surface area contributed by atoms with Crippen LogP contribution in [-0.4, -0.2) is 29.9 Å². The predicted molar refractivity (Wildman–Crippen MR) is 48.6 cm³/mol. The first-order valence-corrected chi connectivity index (χ1v) is 4.15. The highest BCUT2D eigenvalue weighted by molar-refractivity contribution is 5.81. The summed E-state index contributed by atoms with van der Waals surface area (Å²) in [6.45, 7) is 0.436. The van der Waals surface area contributed by atoms with Gasteiger partial charge < -0.3 is 10.4 Å². The van der Waals surface area contributed by atoms with Crippen molar-refractivity contribution in [3.63, 3.8) is 0 Å². The Morgan fingerprint density at radius 1 is 1.69 bits per heavy atom. The third-order valence-electron chi connectivity index (χ3n) is 2.28. The van der Waals surface area contributed by atoms with E-state index in [1.807, 2.05) is 12.2 Å². The van der Waals surface area contributed by atoms with Crippen LogP contribution in [0, 0.1) is 5.92 Å². The molecule has 0 aromatic carbocycles. The van der Waals surface area contributed by atoms with Gasteiger partial charge in [0.2, 0.25) is 0 Å². The highest BCUT2D eigenvalue weighted by Crippen LogP contribution is 2.23. The molecule has 0 aromatic heterocycles. The second-order valence-electron chi connectivity index (χ2n) is 3.10. The fourth-order valence-electron chi connectivity index (χ4n) is 1.58. The van der Waals surface area contributed by atoms with Gasteiger partial charge in [-0.1, -0.05) is 0 Å². The smallest absolute Gasteiger partial charge is 0.310 e. The molecule has 13 heavy (non-hydrogen) atoms. The predicted octanol–water partition coefficient (Wildman–Crippen LogP) is 0.184. The molecule has 2 N–H and O–H groups in total. The lowest BCUT2D eigenvalue weighted by molar-refractivity contribution is -0.141. The molecule has 0 fully saturated rings. The van der Waals surface area contributed by atoms with E-state index in [-0.39, 0.29) is 6.04 Å². The number of hydrogen-bond donors (Lipinski definition) is 2. The summed E-state index contributed by atoms with van der Waals surface area (Å²) in [5.74, 6) is -1.26. The lowest BCUT2D eigenvalue weighted by Crippen LogP contribution is -2.33. The van der Waals surface area contributed by atoms with Gasteiger partial charge in [0.05, 0.1) is 6.04 Å². The fourth-order valence-corrected chi connectivity index (χ4v) is 1.58. The largest absolute Gasteiger partial charge is 0.481 e. The molecule has 0 amide bonds. The number of allylic oxidation sites excluding steroid dienone is 1. The number of aliphatic carboxylic acids is 1. The molecule has 0 bridgehead atoms. The number of carboxylic acid groups (broad SMARTS) is 1. The molecular weight excluding hydrogens is 168 g/mol. The summed E-state index contributed by atoms with van der Waals surface area (Å²) >= 11 is 0. The fraction of sp³-hybridized carbons (Fsp3) is 0.333. The van der Waals surface area contributed by atoms with E-state index in [1.165, 1.54) is 0 Å². The average Bonchev–Trinajstić information content (AvgIpc) is 2.44. The highest BCUT2D eigenvalue weighted by Gasteiger charge is 2.31. The van der Waals surface area contributed by atoms with Gasteiger partial charge in [-0.2, -0.15) is 0 Å². The standard InChI is InChI=1S/C9H10N2O2/c12-9(13)7-5-10-3-1-6-2-4-11-8(6)7/h1-4,7-8,10H,5H2,(H,12,13). The molecule has 0 saturated heterocycles. The van der Waals surface area contributed by atoms with Gasteiger partial charge in [-0.05, 0) is 23.9 Å². The molecule has 4 heteroatoms. The summed E-state index contributed by atoms with van der Waals surface area (Å²) < 4.78 is 0. The van der Waals surface area contributed by atoms with Crippen molar-refractivity contribution in [3.05, 3.63) is 23.9 Å². The van der Waals surface area contributed by atoms with E-state index >= 15 is 0 Å². The van der Waals surface area contributed by atoms with Gasteiger partial charge in [0, 0.05) is 12.8 Å². The SMILES string of the molecule is O=C(O)C1CNC=CC2=CC=NC21. The van der Waals surface area contributed by atoms with E-state index in [0.29, 0.717) is 6.54 Å². The molecule has 0 radical (unpaired) electrons. The van der Waals surface area contributed by atoms with Crippen LogP contribution < -0.4 is 5.32 Å². The molecule has 0 spiro atoms. The number of carbonyl (C=O) groups is 1. The Bertz CT molecular complexity index is 318. The molecule has 2 aliphatic rings. The monoisotopic (exact) mass is 178 g/mol. The number of fused-ring (bicyclic) bond motifs is 1. The van der Waals surface area contributed by atoms with Crippen LogP contribution in [0.4, 0.5) is 0 Å². The van der Waals surface area contributed by atoms with Crippen molar-refractivity contribution in [2.45, 2.75) is 6.04 Å². The van der Waals surface area contributed by atoms with E-state index in [2.05, 4.69) is 10.3 Å². The zero-order chi connectivity index (χ0) is 9.26. The van der Waals surface area contributed by atoms with Crippen molar-refractivity contribution in [3.8, 4) is 0 Å². The van der Waals surface area contributed by atoms with Crippen molar-refractivity contribution >= 4 is 12.2 Å². The van der Waals surface area contributed by atoms with Gasteiger partial charge in [0.15, 0.2) is 0 Å². The summed E-state index contributed by atoms with van der Waals surface area (Å²) in [6.07, 6.45) is 7.17. The van der Waals surface area contributed by atoms with Gasteiger partial charge in [-0.3, -0.25) is 9.79 Å². The Kier molecular flexibility index (Phi) is 1.88. The summed E-state index contributed by atoms with van der Waals surface area (Å²) in [4.78, 5) is 15.0. The van der Waals surface area contributed by atoms with Gasteiger partial charge in [0.25, 0.3) is 0 Å². The molecule has 0 aromatic rings. The van der Waals surface area contributed by atoms with Crippen molar-refractivity contribution in [2.24, 2.45) is 10.9 Å². The number of carboxylic acids is 1. The molecule has 2 unspecified atom stereocenters. The van der Waals surface area contributed by atoms with E-state index in [9.17, 15) is 4.79 Å². The molecular formula is C9H10N2O2. The molecule has 2 rings (SSSR count). The molecule has 0 saturated carbocycles. The number of nitrogens with one attached hydrogen (secondary N) is 1. The Labute approximate surface area is 75.7 Å². The second kappa shape index (κ2) is 3.05. The quantitative estimate of drug-likeness (QED) is 0.602. The molecule has 2 atom stereocenters. The maximum Gasteiger partial charge on any atom is 0.310 e. The third kappa shape index (κ3) is 1.35. The summed E-state index contributed by atoms with van der Waals surface area (Å²) in [5.41, 5.74) is 0.970. The Balaban J connectivity index is 2.27. The molecule has 4 nitrogen and oxygen atoms in total. The minimum Gasteiger partial charge on any atom is -0.481 e. The molecule has 0 aliphatic carbocycles. The van der Waals surface area contributed by atoms with E-state index < -0.39 is 11.9 Å². The number of aliphatic imine (C=N–C) groups is 1. The van der Waals surface area contributed by atoms with E-state index in [1.54, 1.807) is 12.4 Å². The lowest BCUT2D eigenvalue weighted by atomic mass is 9.95. The average molecular weight is 178 g/mol. The maximum absolute atomic E-state index is 10.9. The van der Waals surface area contributed by atoms with Crippen LogP contribution >= 0.6 is 0 Å². The van der Waals surface area contributed by atoms with Gasteiger partial charge >= 0.3 is 5.97 Å². The minimum atomic E-state index is -0.800. The van der Waals surface area contributed by atoms with E-state index in [4.69, 9.17) is 5.11 Å². The third-order valence-corrected chi connectivity index (χ3v) is 2.28. The number of rotatable bonds is 1. The van der Waals surface area contributed by atoms with Crippen LogP contribution in [-0.2, 0) is 4.79 Å². The number of nitrogens with zero attached hydrogens (tertiary/aromatic N) is 1. The zero-order valence-electron chi connectivity index (χ0n) is 6.97. The minimum absolute atomic E-state index is 0.205. The van der Waals surface area contributed by atoms with Crippen molar-refractivity contribution in [1.29, 1.82) is 0 Å². The van der Waals surface area contributed by atoms with Crippen LogP contribution in [0.1, 0.15) is 0 Å². The topological polar surface area (TPSA) is 61.7 Å². The number of hydrogen-bond acceptors (Lipinski definition) is 3. The zero-order valence-corrected chi connectivity index (χ0v) is 6.97. The van der Waals surface area contributed by atoms with Gasteiger partial charge in [-0.15, -0.1) is 0 Å². The first-order chi connectivity index (χ1) is 6.29. The van der Waals surface area contributed by atoms with Gasteiger partial charge in [0.1, 0.15) is 5.92 Å². The first kappa shape index (κ1) is 8.04. The van der Waals surface area contributed by atoms with E-state index in [0.717, 1.165) is 5.57 Å². The molecule has 2 aliphatic heterocycles. The first-order valence-electron chi connectivity index (χ1n) is 4.15. The molecule has 2 heterocycles. The summed E-state index contributed by atoms with van der Waals surface area (Å²) in [6, 6.07) is -0.205. The molecule has 68 valence electrons. The Hall–Kier alpha value is -1.58. The van der Waals surface area contributed by atoms with Crippen LogP contribution in [0.5, 0.6) is 0 Å². The lowest BCUT2D eigenvalue weighted by Gasteiger charge is -2.16. The highest BCUT2D eigenvalue weighted by atomic mass is 16.4. The van der Waals surface area contributed by atoms with Crippen LogP contribution in [0.15, 0.2) is 28.9 Å². The summed E-state index contributed by atoms with van der Waals surface area (Å²) in [7, 11) is 0. The van der Waals surface area contributed by atoms with Crippen LogP contribution in [0.2, 0.25) is 0 Å². The van der Waals surface area contributed by atoms with Gasteiger partial charge in [-0.25, -0.2) is 0 Å². The maximum atomic E-state index is 10.9. The van der Waals surface area contributed by atoms with Crippen molar-refractivity contribution in [2.75, 3.05) is 6.54 Å². The van der Waals surface area contributed by atoms with Crippen LogP contribution in [0.3, 0.4) is 0 Å². The Morgan fingerprint density at radius 3 is 3.31 bits per heavy atom. The van der Waals surface area contributed by atoms with Crippen molar-refractivity contribution < 1.29 is 9.90 Å². The van der Waals surface area contributed by atoms with Crippen molar-refractivity contribution in [1.82, 2.24) is 5.32 Å². The Morgan fingerprint density at radius 2 is 2.54 bits per heavy atom. The second-order valence-corrected chi connectivity index (χ2v) is 3.10. The van der Waals surface area contributed by atoms with Crippen LogP contribution in [0.25, 0.3) is 0 Å². The summed E-state index contributed by atoms with van der Waals surface area (Å²) in [5, 5.41) is 11.9.